The molecule has 2 aromatic carbocycles. The van der Waals surface area contributed by atoms with Crippen LogP contribution in [0.15, 0.2) is 18.2 Å². The quantitative estimate of drug-likeness (QED) is 0.672. The van der Waals surface area contributed by atoms with Crippen molar-refractivity contribution in [2.75, 3.05) is 42.0 Å². The Bertz CT molecular complexity index is 868. The second-order valence-electron chi connectivity index (χ2n) is 7.03. The Morgan fingerprint density at radius 3 is 2.11 bits per heavy atom. The molecular weight excluding hydrogens is 410 g/mol. The molecule has 2 atom stereocenters. The molecule has 1 aliphatic carbocycles. The zero-order valence-electron chi connectivity index (χ0n) is 16.4. The van der Waals surface area contributed by atoms with E-state index in [1.54, 1.807) is 28.4 Å². The van der Waals surface area contributed by atoms with Crippen molar-refractivity contribution in [1.29, 1.82) is 0 Å². The Morgan fingerprint density at radius 1 is 0.852 bits per heavy atom. The number of nitrogens with one attached hydrogen (secondary N) is 1. The van der Waals surface area contributed by atoms with Gasteiger partial charge in [0.1, 0.15) is 6.04 Å². The van der Waals surface area contributed by atoms with Gasteiger partial charge in [-0.2, -0.15) is 0 Å². The Kier molecular flexibility index (Phi) is 5.58. The molecule has 27 heavy (non-hydrogen) atoms. The van der Waals surface area contributed by atoms with E-state index in [0.717, 1.165) is 53.5 Å². The van der Waals surface area contributed by atoms with Gasteiger partial charge >= 0.3 is 0 Å². The summed E-state index contributed by atoms with van der Waals surface area (Å²) >= 11 is 0. The van der Waals surface area contributed by atoms with E-state index in [2.05, 4.69) is 25.2 Å². The van der Waals surface area contributed by atoms with E-state index in [1.807, 2.05) is 0 Å². The standard InChI is InChI=1S/C21H25NO4.BrH/c1-22-7-6-12-9-18(25-4)21(26-5)20-14-11-17(24-3)16(23-2)10-13(14)8-15(22)19(12)20;/h9-11,15H,6-8H2,1-5H3;1H. The normalized spacial score (nSPS) is 19.3. The molecule has 2 aliphatic rings. The van der Waals surface area contributed by atoms with E-state index in [9.17, 15) is 0 Å². The smallest absolute Gasteiger partial charge is 0.169 e. The first kappa shape index (κ1) is 19.8. The molecule has 0 fully saturated rings. The first-order valence-electron chi connectivity index (χ1n) is 8.98. The Morgan fingerprint density at radius 2 is 1.48 bits per heavy atom. The van der Waals surface area contributed by atoms with Crippen LogP contribution in [0, 0.1) is 0 Å². The number of fused-ring (bicyclic) bond motifs is 2. The molecule has 0 amide bonds. The molecule has 146 valence electrons. The maximum Gasteiger partial charge on any atom is 0.169 e. The van der Waals surface area contributed by atoms with E-state index in [-0.39, 0.29) is 17.0 Å². The highest BCUT2D eigenvalue weighted by Crippen LogP contribution is 2.51. The molecule has 1 N–H and O–H groups in total. The van der Waals surface area contributed by atoms with E-state index >= 15 is 0 Å². The van der Waals surface area contributed by atoms with Crippen molar-refractivity contribution >= 4 is 0 Å². The van der Waals surface area contributed by atoms with Gasteiger partial charge in [-0.05, 0) is 34.9 Å². The monoisotopic (exact) mass is 435 g/mol. The van der Waals surface area contributed by atoms with Crippen LogP contribution in [-0.2, 0) is 12.8 Å². The zero-order valence-corrected chi connectivity index (χ0v) is 18.0. The molecule has 2 aromatic rings. The molecule has 4 rings (SSSR count). The predicted octanol–water partition coefficient (Wildman–Crippen LogP) is -0.940. The van der Waals surface area contributed by atoms with Crippen molar-refractivity contribution in [3.05, 3.63) is 34.9 Å². The fraction of sp³-hybridized carbons (Fsp3) is 0.429. The lowest BCUT2D eigenvalue weighted by Gasteiger charge is -2.38. The number of halogens is 1. The highest BCUT2D eigenvalue weighted by Gasteiger charge is 2.39. The first-order chi connectivity index (χ1) is 12.6. The second-order valence-corrected chi connectivity index (χ2v) is 7.03. The number of hydrogen-bond donors (Lipinski definition) is 1. The lowest BCUT2D eigenvalue weighted by atomic mass is 9.76. The molecule has 5 nitrogen and oxygen atoms in total. The highest BCUT2D eigenvalue weighted by molar-refractivity contribution is 5.84. The summed E-state index contributed by atoms with van der Waals surface area (Å²) in [4.78, 5) is 1.53. The van der Waals surface area contributed by atoms with Gasteiger partial charge in [0.2, 0.25) is 0 Å². The number of benzene rings is 2. The predicted molar refractivity (Wildman–Crippen MR) is 100.0 cm³/mol. The summed E-state index contributed by atoms with van der Waals surface area (Å²) < 4.78 is 22.6. The highest BCUT2D eigenvalue weighted by atomic mass is 79.9. The number of likely N-dealkylation sites (N-methyl/N-ethyl adjacent to an activating group) is 1. The third-order valence-electron chi connectivity index (χ3n) is 5.83. The summed E-state index contributed by atoms with van der Waals surface area (Å²) in [6.07, 6.45) is 2.03. The maximum atomic E-state index is 5.82. The molecular formula is C21H26BrNO4. The first-order valence-corrected chi connectivity index (χ1v) is 8.98. The lowest BCUT2D eigenvalue weighted by molar-refractivity contribution is -0.914. The van der Waals surface area contributed by atoms with Crippen LogP contribution in [-0.4, -0.2) is 42.0 Å². The Balaban J connectivity index is 0.00000210. The van der Waals surface area contributed by atoms with Gasteiger partial charge in [-0.3, -0.25) is 0 Å². The molecule has 0 bridgehead atoms. The average Bonchev–Trinajstić information content (AvgIpc) is 2.68. The molecule has 2 unspecified atom stereocenters. The molecule has 1 aliphatic heterocycles. The Hall–Kier alpha value is -1.92. The van der Waals surface area contributed by atoms with Crippen LogP contribution < -0.4 is 40.8 Å². The van der Waals surface area contributed by atoms with Gasteiger partial charge in [0, 0.05) is 24.0 Å². The average molecular weight is 436 g/mol. The fourth-order valence-corrected chi connectivity index (χ4v) is 4.51. The number of methoxy groups -OCH3 is 4. The minimum absolute atomic E-state index is 0. The van der Waals surface area contributed by atoms with Crippen LogP contribution in [0.2, 0.25) is 0 Å². The molecule has 1 heterocycles. The van der Waals surface area contributed by atoms with Gasteiger partial charge in [-0.1, -0.05) is 0 Å². The van der Waals surface area contributed by atoms with Crippen molar-refractivity contribution in [3.63, 3.8) is 0 Å². The van der Waals surface area contributed by atoms with E-state index in [4.69, 9.17) is 18.9 Å². The molecule has 0 spiro atoms. The van der Waals surface area contributed by atoms with Crippen molar-refractivity contribution in [2.24, 2.45) is 0 Å². The van der Waals surface area contributed by atoms with Crippen LogP contribution in [0.3, 0.4) is 0 Å². The number of hydrogen-bond acceptors (Lipinski definition) is 4. The minimum atomic E-state index is 0. The number of rotatable bonds is 4. The SMILES string of the molecule is COc1cc2c(cc1OC)-c1c(OC)c(OC)cc3c1C(C2)[NH+](C)CC3.[Br-]. The summed E-state index contributed by atoms with van der Waals surface area (Å²) in [6.45, 7) is 1.12. The van der Waals surface area contributed by atoms with Crippen LogP contribution in [0.1, 0.15) is 22.7 Å². The van der Waals surface area contributed by atoms with Crippen molar-refractivity contribution in [3.8, 4) is 34.1 Å². The van der Waals surface area contributed by atoms with Gasteiger partial charge in [0.15, 0.2) is 23.0 Å². The molecule has 0 aromatic heterocycles. The third kappa shape index (κ3) is 2.95. The molecule has 0 radical (unpaired) electrons. The van der Waals surface area contributed by atoms with Crippen molar-refractivity contribution in [1.82, 2.24) is 0 Å². The summed E-state index contributed by atoms with van der Waals surface area (Å²) in [5, 5.41) is 0. The largest absolute Gasteiger partial charge is 1.00 e. The summed E-state index contributed by atoms with van der Waals surface area (Å²) in [7, 11) is 9.05. The maximum absolute atomic E-state index is 5.82. The van der Waals surface area contributed by atoms with E-state index in [1.165, 1.54) is 21.6 Å². The van der Waals surface area contributed by atoms with Crippen LogP contribution >= 0.6 is 0 Å². The van der Waals surface area contributed by atoms with Gasteiger partial charge in [0.25, 0.3) is 0 Å². The van der Waals surface area contributed by atoms with E-state index < -0.39 is 0 Å². The van der Waals surface area contributed by atoms with Crippen LogP contribution in [0.5, 0.6) is 23.0 Å². The zero-order chi connectivity index (χ0) is 18.4. The van der Waals surface area contributed by atoms with Crippen LogP contribution in [0.25, 0.3) is 11.1 Å². The van der Waals surface area contributed by atoms with E-state index in [0.29, 0.717) is 6.04 Å². The van der Waals surface area contributed by atoms with Gasteiger partial charge in [-0.15, -0.1) is 0 Å². The number of quaternary nitrogens is 1. The fourth-order valence-electron chi connectivity index (χ4n) is 4.51. The Labute approximate surface area is 170 Å². The second kappa shape index (κ2) is 7.60. The minimum Gasteiger partial charge on any atom is -1.00 e. The summed E-state index contributed by atoms with van der Waals surface area (Å²) in [5.41, 5.74) is 6.33. The summed E-state index contributed by atoms with van der Waals surface area (Å²) in [6, 6.07) is 6.76. The third-order valence-corrected chi connectivity index (χ3v) is 5.83. The van der Waals surface area contributed by atoms with Crippen molar-refractivity contribution in [2.45, 2.75) is 18.9 Å². The van der Waals surface area contributed by atoms with Crippen LogP contribution in [0.4, 0.5) is 0 Å². The molecule has 0 saturated carbocycles. The number of ether oxygens (including phenoxy) is 4. The van der Waals surface area contributed by atoms with Gasteiger partial charge in [0.05, 0.1) is 42.0 Å². The lowest BCUT2D eigenvalue weighted by Crippen LogP contribution is -3.10. The van der Waals surface area contributed by atoms with Gasteiger partial charge < -0.3 is 40.8 Å². The molecule has 6 heteroatoms. The molecule has 0 saturated heterocycles. The summed E-state index contributed by atoms with van der Waals surface area (Å²) in [5.74, 6) is 3.10. The van der Waals surface area contributed by atoms with Crippen molar-refractivity contribution < 1.29 is 40.8 Å². The van der Waals surface area contributed by atoms with Gasteiger partial charge in [-0.25, -0.2) is 0 Å². The topological polar surface area (TPSA) is 41.4 Å².